The van der Waals surface area contributed by atoms with Crippen LogP contribution in [-0.4, -0.2) is 26.5 Å². The van der Waals surface area contributed by atoms with E-state index in [4.69, 9.17) is 5.11 Å². The Morgan fingerprint density at radius 2 is 2.36 bits per heavy atom. The molecule has 0 saturated carbocycles. The van der Waals surface area contributed by atoms with Crippen LogP contribution in [0.15, 0.2) is 0 Å². The van der Waals surface area contributed by atoms with Gasteiger partial charge in [0.15, 0.2) is 0 Å². The van der Waals surface area contributed by atoms with E-state index in [0.29, 0.717) is 0 Å². The number of hydrogen-bond acceptors (Lipinski definition) is 3. The van der Waals surface area contributed by atoms with Crippen molar-refractivity contribution in [2.75, 3.05) is 6.61 Å². The largest absolute Gasteiger partial charge is 0.396 e. The van der Waals surface area contributed by atoms with Crippen molar-refractivity contribution in [3.8, 4) is 0 Å². The summed E-state index contributed by atoms with van der Waals surface area (Å²) in [5, 5.41) is 17.1. The van der Waals surface area contributed by atoms with Crippen LogP contribution in [0.25, 0.3) is 0 Å². The molecule has 0 aliphatic carbocycles. The number of aliphatic hydroxyl groups excluding tert-OH is 1. The van der Waals surface area contributed by atoms with Gasteiger partial charge in [-0.1, -0.05) is 6.92 Å². The molecule has 1 aromatic rings. The molecule has 0 spiro atoms. The van der Waals surface area contributed by atoms with Gasteiger partial charge in [-0.2, -0.15) is 0 Å². The summed E-state index contributed by atoms with van der Waals surface area (Å²) in [6, 6.07) is 0. The van der Waals surface area contributed by atoms with E-state index in [1.54, 1.807) is 0 Å². The quantitative estimate of drug-likeness (QED) is 0.775. The van der Waals surface area contributed by atoms with Gasteiger partial charge < -0.3 is 9.67 Å². The van der Waals surface area contributed by atoms with E-state index in [9.17, 15) is 0 Å². The predicted octanol–water partition coefficient (Wildman–Crippen LogP) is 0.785. The van der Waals surface area contributed by atoms with Crippen LogP contribution in [0.2, 0.25) is 0 Å². The van der Waals surface area contributed by atoms with Gasteiger partial charge in [0.05, 0.1) is 0 Å². The van der Waals surface area contributed by atoms with Crippen LogP contribution in [0.1, 0.15) is 31.4 Å². The maximum absolute atomic E-state index is 8.75. The predicted molar refractivity (Wildman–Crippen MR) is 52.9 cm³/mol. The van der Waals surface area contributed by atoms with Crippen molar-refractivity contribution < 1.29 is 5.11 Å². The van der Waals surface area contributed by atoms with Crippen molar-refractivity contribution in [3.05, 3.63) is 11.6 Å². The summed E-state index contributed by atoms with van der Waals surface area (Å²) in [5.74, 6) is 2.90. The van der Waals surface area contributed by atoms with E-state index >= 15 is 0 Å². The molecule has 14 heavy (non-hydrogen) atoms. The van der Waals surface area contributed by atoms with Crippen molar-refractivity contribution in [1.29, 1.82) is 0 Å². The standard InChI is InChI=1S/C10H17N3O/c1-8-4-5-13-9(3-2-6-14)11-12-10(13)7-8/h8,14H,2-7H2,1H3. The van der Waals surface area contributed by atoms with Crippen molar-refractivity contribution in [3.63, 3.8) is 0 Å². The zero-order chi connectivity index (χ0) is 9.97. The van der Waals surface area contributed by atoms with E-state index in [0.717, 1.165) is 43.4 Å². The van der Waals surface area contributed by atoms with Gasteiger partial charge in [-0.05, 0) is 18.8 Å². The normalized spacial score (nSPS) is 20.9. The average molecular weight is 195 g/mol. The van der Waals surface area contributed by atoms with Crippen LogP contribution in [0.5, 0.6) is 0 Å². The Kier molecular flexibility index (Phi) is 2.82. The average Bonchev–Trinajstić information content (AvgIpc) is 2.57. The monoisotopic (exact) mass is 195 g/mol. The maximum atomic E-state index is 8.75. The maximum Gasteiger partial charge on any atom is 0.133 e. The summed E-state index contributed by atoms with van der Waals surface area (Å²) in [6.07, 6.45) is 3.90. The topological polar surface area (TPSA) is 50.9 Å². The van der Waals surface area contributed by atoms with Crippen molar-refractivity contribution in [1.82, 2.24) is 14.8 Å². The molecule has 1 unspecified atom stereocenters. The Bertz CT molecular complexity index is 308. The fraction of sp³-hybridized carbons (Fsp3) is 0.800. The lowest BCUT2D eigenvalue weighted by Crippen LogP contribution is -2.19. The Hall–Kier alpha value is -0.900. The summed E-state index contributed by atoms with van der Waals surface area (Å²) in [5.41, 5.74) is 0. The molecule has 0 radical (unpaired) electrons. The zero-order valence-electron chi connectivity index (χ0n) is 8.61. The van der Waals surface area contributed by atoms with Gasteiger partial charge in [-0.15, -0.1) is 10.2 Å². The molecular weight excluding hydrogens is 178 g/mol. The minimum Gasteiger partial charge on any atom is -0.396 e. The Morgan fingerprint density at radius 3 is 3.14 bits per heavy atom. The number of rotatable bonds is 3. The fourth-order valence-corrected chi connectivity index (χ4v) is 1.97. The van der Waals surface area contributed by atoms with Crippen LogP contribution >= 0.6 is 0 Å². The van der Waals surface area contributed by atoms with E-state index in [1.165, 1.54) is 6.42 Å². The molecular formula is C10H17N3O. The highest BCUT2D eigenvalue weighted by Crippen LogP contribution is 2.19. The molecule has 0 bridgehead atoms. The van der Waals surface area contributed by atoms with Crippen molar-refractivity contribution >= 4 is 0 Å². The van der Waals surface area contributed by atoms with Crippen molar-refractivity contribution in [2.24, 2.45) is 5.92 Å². The summed E-state index contributed by atoms with van der Waals surface area (Å²) in [6.45, 7) is 3.54. The summed E-state index contributed by atoms with van der Waals surface area (Å²) < 4.78 is 2.22. The third kappa shape index (κ3) is 1.80. The third-order valence-corrected chi connectivity index (χ3v) is 2.84. The highest BCUT2D eigenvalue weighted by Gasteiger charge is 2.19. The van der Waals surface area contributed by atoms with Crippen LogP contribution in [0.3, 0.4) is 0 Å². The molecule has 2 rings (SSSR count). The van der Waals surface area contributed by atoms with E-state index in [2.05, 4.69) is 21.7 Å². The number of aryl methyl sites for hydroxylation is 1. The lowest BCUT2D eigenvalue weighted by molar-refractivity contribution is 0.286. The molecule has 1 atom stereocenters. The van der Waals surface area contributed by atoms with E-state index in [-0.39, 0.29) is 6.61 Å². The van der Waals surface area contributed by atoms with Gasteiger partial charge in [0.25, 0.3) is 0 Å². The zero-order valence-corrected chi connectivity index (χ0v) is 8.61. The number of aliphatic hydroxyl groups is 1. The molecule has 4 nitrogen and oxygen atoms in total. The Morgan fingerprint density at radius 1 is 1.50 bits per heavy atom. The molecule has 1 aromatic heterocycles. The second kappa shape index (κ2) is 4.09. The molecule has 1 aliphatic rings. The molecule has 0 saturated heterocycles. The number of aromatic nitrogens is 3. The molecule has 0 amide bonds. The first-order chi connectivity index (χ1) is 6.81. The van der Waals surface area contributed by atoms with E-state index in [1.807, 2.05) is 0 Å². The summed E-state index contributed by atoms with van der Waals surface area (Å²) in [7, 11) is 0. The minimum absolute atomic E-state index is 0.235. The second-order valence-electron chi connectivity index (χ2n) is 4.11. The Balaban J connectivity index is 2.12. The molecule has 1 aliphatic heterocycles. The van der Waals surface area contributed by atoms with Gasteiger partial charge in [0.1, 0.15) is 11.6 Å². The molecule has 0 fully saturated rings. The molecule has 1 N–H and O–H groups in total. The van der Waals surface area contributed by atoms with Crippen LogP contribution in [0, 0.1) is 5.92 Å². The Labute approximate surface area is 84.0 Å². The number of fused-ring (bicyclic) bond motifs is 1. The van der Waals surface area contributed by atoms with Crippen molar-refractivity contribution in [2.45, 2.75) is 39.2 Å². The van der Waals surface area contributed by atoms with Crippen LogP contribution in [0.4, 0.5) is 0 Å². The molecule has 2 heterocycles. The first-order valence-corrected chi connectivity index (χ1v) is 5.33. The highest BCUT2D eigenvalue weighted by molar-refractivity contribution is 5.00. The first kappa shape index (κ1) is 9.65. The van der Waals surface area contributed by atoms with Crippen LogP contribution < -0.4 is 0 Å². The fourth-order valence-electron chi connectivity index (χ4n) is 1.97. The SMILES string of the molecule is CC1CCn2c(CCCO)nnc2C1. The molecule has 0 aromatic carbocycles. The lowest BCUT2D eigenvalue weighted by Gasteiger charge is -2.20. The number of hydrogen-bond donors (Lipinski definition) is 1. The molecule has 78 valence electrons. The summed E-state index contributed by atoms with van der Waals surface area (Å²) >= 11 is 0. The van der Waals surface area contributed by atoms with Crippen LogP contribution in [-0.2, 0) is 19.4 Å². The minimum atomic E-state index is 0.235. The van der Waals surface area contributed by atoms with Gasteiger partial charge in [-0.3, -0.25) is 0 Å². The smallest absolute Gasteiger partial charge is 0.133 e. The lowest BCUT2D eigenvalue weighted by atomic mass is 10.0. The first-order valence-electron chi connectivity index (χ1n) is 5.33. The van der Waals surface area contributed by atoms with Gasteiger partial charge in [-0.25, -0.2) is 0 Å². The number of nitrogens with zero attached hydrogens (tertiary/aromatic N) is 3. The highest BCUT2D eigenvalue weighted by atomic mass is 16.2. The molecule has 4 heteroatoms. The second-order valence-corrected chi connectivity index (χ2v) is 4.11. The third-order valence-electron chi connectivity index (χ3n) is 2.84. The van der Waals surface area contributed by atoms with Gasteiger partial charge >= 0.3 is 0 Å². The summed E-state index contributed by atoms with van der Waals surface area (Å²) in [4.78, 5) is 0. The van der Waals surface area contributed by atoms with Gasteiger partial charge in [0, 0.05) is 26.0 Å². The van der Waals surface area contributed by atoms with Gasteiger partial charge in [0.2, 0.25) is 0 Å². The van der Waals surface area contributed by atoms with E-state index < -0.39 is 0 Å².